The minimum Gasteiger partial charge on any atom is -0.357 e. The van der Waals surface area contributed by atoms with E-state index in [-0.39, 0.29) is 12.5 Å². The number of rotatable bonds is 3. The van der Waals surface area contributed by atoms with E-state index < -0.39 is 0 Å². The standard InChI is InChI=1S/C4H9NO2S/c1-5-4(6)3-7-8-2/h3H2,1-2H3,(H,5,6). The van der Waals surface area contributed by atoms with Gasteiger partial charge in [0.15, 0.2) is 0 Å². The van der Waals surface area contributed by atoms with Crippen LogP contribution in [0.2, 0.25) is 0 Å². The van der Waals surface area contributed by atoms with E-state index in [9.17, 15) is 4.79 Å². The summed E-state index contributed by atoms with van der Waals surface area (Å²) in [5, 5.41) is 2.42. The number of hydrogen-bond acceptors (Lipinski definition) is 3. The van der Waals surface area contributed by atoms with Crippen molar-refractivity contribution in [3.8, 4) is 0 Å². The minimum absolute atomic E-state index is 0.0978. The molecule has 0 fully saturated rings. The highest BCUT2D eigenvalue weighted by Crippen LogP contribution is 1.91. The van der Waals surface area contributed by atoms with Crippen LogP contribution in [0, 0.1) is 0 Å². The van der Waals surface area contributed by atoms with E-state index in [4.69, 9.17) is 4.18 Å². The molecule has 0 aliphatic heterocycles. The predicted molar refractivity (Wildman–Crippen MR) is 33.5 cm³/mol. The molecular weight excluding hydrogens is 126 g/mol. The van der Waals surface area contributed by atoms with E-state index in [1.807, 2.05) is 0 Å². The van der Waals surface area contributed by atoms with E-state index in [1.165, 1.54) is 12.0 Å². The molecule has 0 bridgehead atoms. The molecule has 3 nitrogen and oxygen atoms in total. The van der Waals surface area contributed by atoms with Gasteiger partial charge < -0.3 is 9.50 Å². The Labute approximate surface area is 53.0 Å². The van der Waals surface area contributed by atoms with Crippen molar-refractivity contribution in [3.63, 3.8) is 0 Å². The number of likely N-dealkylation sites (N-methyl/N-ethyl adjacent to an activating group) is 1. The molecular formula is C4H9NO2S. The molecule has 1 N–H and O–H groups in total. The van der Waals surface area contributed by atoms with Crippen LogP contribution in [0.25, 0.3) is 0 Å². The lowest BCUT2D eigenvalue weighted by Gasteiger charge is -1.95. The van der Waals surface area contributed by atoms with Gasteiger partial charge in [-0.3, -0.25) is 4.79 Å². The van der Waals surface area contributed by atoms with Gasteiger partial charge in [-0.1, -0.05) is 0 Å². The first-order valence-electron chi connectivity index (χ1n) is 2.17. The molecule has 1 amide bonds. The van der Waals surface area contributed by atoms with Gasteiger partial charge in [-0.2, -0.15) is 0 Å². The van der Waals surface area contributed by atoms with Crippen LogP contribution in [0.15, 0.2) is 0 Å². The van der Waals surface area contributed by atoms with Crippen LogP contribution >= 0.6 is 12.0 Å². The van der Waals surface area contributed by atoms with E-state index in [0.717, 1.165) is 0 Å². The molecule has 0 aromatic carbocycles. The Hall–Kier alpha value is -0.220. The van der Waals surface area contributed by atoms with Crippen molar-refractivity contribution in [3.05, 3.63) is 0 Å². The zero-order chi connectivity index (χ0) is 6.41. The van der Waals surface area contributed by atoms with E-state index in [0.29, 0.717) is 0 Å². The Morgan fingerprint density at radius 2 is 2.50 bits per heavy atom. The Morgan fingerprint density at radius 1 is 1.88 bits per heavy atom. The quantitative estimate of drug-likeness (QED) is 0.555. The Morgan fingerprint density at radius 3 is 2.88 bits per heavy atom. The second-order valence-electron chi connectivity index (χ2n) is 1.10. The molecule has 8 heavy (non-hydrogen) atoms. The lowest BCUT2D eigenvalue weighted by atomic mass is 10.7. The maximum Gasteiger partial charge on any atom is 0.247 e. The van der Waals surface area contributed by atoms with Gasteiger partial charge in [0.25, 0.3) is 0 Å². The summed E-state index contributed by atoms with van der Waals surface area (Å²) in [6.07, 6.45) is 1.77. The van der Waals surface area contributed by atoms with Gasteiger partial charge in [-0.15, -0.1) is 0 Å². The van der Waals surface area contributed by atoms with E-state index >= 15 is 0 Å². The summed E-state index contributed by atoms with van der Waals surface area (Å²) < 4.78 is 4.69. The smallest absolute Gasteiger partial charge is 0.247 e. The molecule has 0 aromatic heterocycles. The molecule has 0 heterocycles. The summed E-state index contributed by atoms with van der Waals surface area (Å²) in [7, 11) is 1.58. The first-order chi connectivity index (χ1) is 3.81. The van der Waals surface area contributed by atoms with E-state index in [2.05, 4.69) is 5.32 Å². The third kappa shape index (κ3) is 3.95. The summed E-state index contributed by atoms with van der Waals surface area (Å²) >= 11 is 1.18. The lowest BCUT2D eigenvalue weighted by Crippen LogP contribution is -2.21. The number of carbonyl (C=O) groups is 1. The summed E-state index contributed by atoms with van der Waals surface area (Å²) in [6, 6.07) is 0. The van der Waals surface area contributed by atoms with E-state index in [1.54, 1.807) is 13.3 Å². The molecule has 0 aliphatic rings. The molecule has 0 radical (unpaired) electrons. The Kier molecular flexibility index (Phi) is 4.79. The van der Waals surface area contributed by atoms with Gasteiger partial charge in [0.1, 0.15) is 6.61 Å². The van der Waals surface area contributed by atoms with Crippen molar-refractivity contribution in [2.45, 2.75) is 0 Å². The van der Waals surface area contributed by atoms with Crippen LogP contribution in [-0.4, -0.2) is 25.8 Å². The molecule has 0 rings (SSSR count). The zero-order valence-electron chi connectivity index (χ0n) is 4.93. The summed E-state index contributed by atoms with van der Waals surface area (Å²) in [6.45, 7) is 0.137. The maximum absolute atomic E-state index is 10.3. The van der Waals surface area contributed by atoms with Crippen molar-refractivity contribution in [1.82, 2.24) is 5.32 Å². The third-order valence-electron chi connectivity index (χ3n) is 0.587. The third-order valence-corrected chi connectivity index (χ3v) is 0.940. The molecule has 0 atom stereocenters. The van der Waals surface area contributed by atoms with Crippen LogP contribution in [0.3, 0.4) is 0 Å². The highest BCUT2D eigenvalue weighted by Gasteiger charge is 1.93. The fraction of sp³-hybridized carbons (Fsp3) is 0.750. The van der Waals surface area contributed by atoms with Crippen LogP contribution in [0.5, 0.6) is 0 Å². The summed E-state index contributed by atoms with van der Waals surface area (Å²) in [4.78, 5) is 10.3. The van der Waals surface area contributed by atoms with Crippen molar-refractivity contribution in [1.29, 1.82) is 0 Å². The Bertz CT molecular complexity index is 76.4. The summed E-state index contributed by atoms with van der Waals surface area (Å²) in [5.74, 6) is -0.0978. The van der Waals surface area contributed by atoms with Gasteiger partial charge in [0.05, 0.1) is 0 Å². The summed E-state index contributed by atoms with van der Waals surface area (Å²) in [5.41, 5.74) is 0. The molecule has 0 aromatic rings. The molecule has 48 valence electrons. The highest BCUT2D eigenvalue weighted by molar-refractivity contribution is 7.93. The molecule has 0 saturated heterocycles. The first kappa shape index (κ1) is 7.78. The maximum atomic E-state index is 10.3. The largest absolute Gasteiger partial charge is 0.357 e. The molecule has 0 spiro atoms. The van der Waals surface area contributed by atoms with Crippen LogP contribution in [0.4, 0.5) is 0 Å². The number of hydrogen-bond donors (Lipinski definition) is 1. The average molecular weight is 135 g/mol. The number of amides is 1. The van der Waals surface area contributed by atoms with Crippen molar-refractivity contribution >= 4 is 17.9 Å². The number of carbonyl (C=O) groups excluding carboxylic acids is 1. The first-order valence-corrected chi connectivity index (χ1v) is 3.32. The topological polar surface area (TPSA) is 38.3 Å². The molecule has 0 unspecified atom stereocenters. The van der Waals surface area contributed by atoms with Crippen molar-refractivity contribution in [2.75, 3.05) is 19.9 Å². The highest BCUT2D eigenvalue weighted by atomic mass is 32.2. The zero-order valence-corrected chi connectivity index (χ0v) is 5.75. The fourth-order valence-electron chi connectivity index (χ4n) is 0.185. The monoisotopic (exact) mass is 135 g/mol. The van der Waals surface area contributed by atoms with Crippen molar-refractivity contribution < 1.29 is 8.98 Å². The van der Waals surface area contributed by atoms with Crippen molar-refractivity contribution in [2.24, 2.45) is 0 Å². The second kappa shape index (κ2) is 4.93. The second-order valence-corrected chi connectivity index (χ2v) is 1.67. The molecule has 0 aliphatic carbocycles. The van der Waals surface area contributed by atoms with Crippen LogP contribution in [-0.2, 0) is 8.98 Å². The van der Waals surface area contributed by atoms with Gasteiger partial charge in [-0.25, -0.2) is 0 Å². The average Bonchev–Trinajstić information content (AvgIpc) is 1.83. The van der Waals surface area contributed by atoms with Gasteiger partial charge in [0.2, 0.25) is 5.91 Å². The molecule has 4 heteroatoms. The Balaban J connectivity index is 2.99. The molecule has 0 saturated carbocycles. The van der Waals surface area contributed by atoms with Gasteiger partial charge in [-0.05, 0) is 12.0 Å². The SMILES string of the molecule is CNC(=O)COSC. The van der Waals surface area contributed by atoms with Gasteiger partial charge >= 0.3 is 0 Å². The van der Waals surface area contributed by atoms with Crippen LogP contribution < -0.4 is 5.32 Å². The predicted octanol–water partition coefficient (Wildman–Crippen LogP) is 0.0270. The number of nitrogens with one attached hydrogen (secondary N) is 1. The lowest BCUT2D eigenvalue weighted by molar-refractivity contribution is -0.122. The fourth-order valence-corrected chi connectivity index (χ4v) is 0.410. The minimum atomic E-state index is -0.0978. The van der Waals surface area contributed by atoms with Crippen LogP contribution in [0.1, 0.15) is 0 Å². The van der Waals surface area contributed by atoms with Gasteiger partial charge in [0, 0.05) is 13.3 Å². The normalized spacial score (nSPS) is 8.75.